The molecule has 1 aromatic heterocycles. The van der Waals surface area contributed by atoms with Gasteiger partial charge in [-0.05, 0) is 12.1 Å². The molecule has 0 unspecified atom stereocenters. The minimum Gasteiger partial charge on any atom is -0.489 e. The molecule has 8 nitrogen and oxygen atoms in total. The largest absolute Gasteiger partial charge is 0.489 e. The quantitative estimate of drug-likeness (QED) is 0.369. The molecule has 0 aliphatic carbocycles. The van der Waals surface area contributed by atoms with Crippen LogP contribution >= 0.6 is 0 Å². The molecule has 1 aliphatic heterocycles. The Balaban J connectivity index is 1.38. The number of nitrogens with one attached hydrogen (secondary N) is 2. The van der Waals surface area contributed by atoms with Crippen LogP contribution in [-0.4, -0.2) is 73.8 Å². The van der Waals surface area contributed by atoms with E-state index in [0.717, 1.165) is 62.5 Å². The number of rotatable bonds is 9. The number of hydrogen-bond donors (Lipinski definition) is 2. The highest BCUT2D eigenvalue weighted by Crippen LogP contribution is 2.17. The van der Waals surface area contributed by atoms with Gasteiger partial charge in [-0.1, -0.05) is 30.9 Å². The number of guanidine groups is 1. The van der Waals surface area contributed by atoms with Gasteiger partial charge in [-0.25, -0.2) is 9.97 Å². The van der Waals surface area contributed by atoms with Crippen LogP contribution in [0, 0.1) is 0 Å². The van der Waals surface area contributed by atoms with Gasteiger partial charge in [0.15, 0.2) is 5.96 Å². The van der Waals surface area contributed by atoms with Crippen molar-refractivity contribution in [1.82, 2.24) is 25.5 Å². The van der Waals surface area contributed by atoms with Gasteiger partial charge in [-0.15, -0.1) is 0 Å². The van der Waals surface area contributed by atoms with E-state index in [-0.39, 0.29) is 0 Å². The first-order chi connectivity index (χ1) is 14.8. The van der Waals surface area contributed by atoms with Crippen molar-refractivity contribution in [2.45, 2.75) is 6.54 Å². The van der Waals surface area contributed by atoms with Gasteiger partial charge >= 0.3 is 0 Å². The normalized spacial score (nSPS) is 15.0. The number of para-hydroxylation sites is 1. The molecule has 1 saturated heterocycles. The Morgan fingerprint density at radius 1 is 1.13 bits per heavy atom. The molecule has 1 aromatic carbocycles. The first kappa shape index (κ1) is 21.6. The molecule has 0 radical (unpaired) electrons. The van der Waals surface area contributed by atoms with Crippen molar-refractivity contribution in [3.05, 3.63) is 60.9 Å². The highest BCUT2D eigenvalue weighted by molar-refractivity contribution is 5.79. The second kappa shape index (κ2) is 11.8. The van der Waals surface area contributed by atoms with Crippen LogP contribution in [0.15, 0.2) is 60.4 Å². The van der Waals surface area contributed by atoms with E-state index in [4.69, 9.17) is 4.74 Å². The lowest BCUT2D eigenvalue weighted by molar-refractivity contribution is 0.260. The molecular formula is C22H31N7O. The standard InChI is InChI=1S/C22H31N7O/c1-3-17-30-20-8-5-4-7-19(20)18-27-21(23-2)24-11-12-28-13-15-29(16-14-28)22-25-9-6-10-26-22/h3-10H,1,11-18H2,2H3,(H2,23,24,27). The molecular weight excluding hydrogens is 378 g/mol. The predicted molar refractivity (Wildman–Crippen MR) is 121 cm³/mol. The zero-order chi connectivity index (χ0) is 21.0. The van der Waals surface area contributed by atoms with Crippen LogP contribution in [0.5, 0.6) is 5.75 Å². The van der Waals surface area contributed by atoms with E-state index in [1.165, 1.54) is 0 Å². The van der Waals surface area contributed by atoms with Gasteiger partial charge in [0, 0.05) is 70.8 Å². The van der Waals surface area contributed by atoms with Gasteiger partial charge in [-0.2, -0.15) is 0 Å². The minimum atomic E-state index is 0.494. The fraction of sp³-hybridized carbons (Fsp3) is 0.409. The molecule has 30 heavy (non-hydrogen) atoms. The Labute approximate surface area is 178 Å². The molecule has 0 saturated carbocycles. The Morgan fingerprint density at radius 2 is 1.90 bits per heavy atom. The van der Waals surface area contributed by atoms with Crippen LogP contribution in [0.1, 0.15) is 5.56 Å². The van der Waals surface area contributed by atoms with E-state index in [1.54, 1.807) is 25.5 Å². The first-order valence-corrected chi connectivity index (χ1v) is 10.3. The Morgan fingerprint density at radius 3 is 2.63 bits per heavy atom. The summed E-state index contributed by atoms with van der Waals surface area (Å²) in [4.78, 5) is 17.7. The third-order valence-corrected chi connectivity index (χ3v) is 4.93. The second-order valence-electron chi connectivity index (χ2n) is 6.94. The first-order valence-electron chi connectivity index (χ1n) is 10.3. The maximum absolute atomic E-state index is 5.72. The summed E-state index contributed by atoms with van der Waals surface area (Å²) in [6.07, 6.45) is 5.33. The topological polar surface area (TPSA) is 77.9 Å². The summed E-state index contributed by atoms with van der Waals surface area (Å²) >= 11 is 0. The van der Waals surface area contributed by atoms with Crippen molar-refractivity contribution in [3.8, 4) is 5.75 Å². The maximum atomic E-state index is 5.72. The maximum Gasteiger partial charge on any atom is 0.225 e. The van der Waals surface area contributed by atoms with Crippen molar-refractivity contribution in [3.63, 3.8) is 0 Å². The summed E-state index contributed by atoms with van der Waals surface area (Å²) < 4.78 is 5.72. The van der Waals surface area contributed by atoms with Crippen molar-refractivity contribution < 1.29 is 4.74 Å². The lowest BCUT2D eigenvalue weighted by Gasteiger charge is -2.34. The molecule has 0 spiro atoms. The molecule has 0 bridgehead atoms. The lowest BCUT2D eigenvalue weighted by Crippen LogP contribution is -2.49. The number of aromatic nitrogens is 2. The summed E-state index contributed by atoms with van der Waals surface area (Å²) in [5.41, 5.74) is 1.08. The van der Waals surface area contributed by atoms with Crippen LogP contribution in [0.3, 0.4) is 0 Å². The summed E-state index contributed by atoms with van der Waals surface area (Å²) in [6, 6.07) is 9.84. The highest BCUT2D eigenvalue weighted by atomic mass is 16.5. The van der Waals surface area contributed by atoms with Gasteiger partial charge in [0.1, 0.15) is 12.4 Å². The van der Waals surface area contributed by atoms with Gasteiger partial charge in [-0.3, -0.25) is 9.89 Å². The molecule has 2 heterocycles. The molecule has 0 amide bonds. The fourth-order valence-electron chi connectivity index (χ4n) is 3.30. The average Bonchev–Trinajstić information content (AvgIpc) is 2.81. The molecule has 1 fully saturated rings. The number of ether oxygens (including phenoxy) is 1. The van der Waals surface area contributed by atoms with Gasteiger partial charge in [0.05, 0.1) is 0 Å². The Bertz CT molecular complexity index is 804. The second-order valence-corrected chi connectivity index (χ2v) is 6.94. The van der Waals surface area contributed by atoms with Crippen molar-refractivity contribution >= 4 is 11.9 Å². The van der Waals surface area contributed by atoms with Gasteiger partial charge in [0.2, 0.25) is 5.95 Å². The van der Waals surface area contributed by atoms with E-state index in [2.05, 4.69) is 48.0 Å². The summed E-state index contributed by atoms with van der Waals surface area (Å²) in [5, 5.41) is 6.75. The monoisotopic (exact) mass is 409 g/mol. The molecule has 1 aliphatic rings. The average molecular weight is 410 g/mol. The third kappa shape index (κ3) is 6.45. The SMILES string of the molecule is C=CCOc1ccccc1CNC(=NC)NCCN1CCN(c2ncccn2)CC1. The van der Waals surface area contributed by atoms with E-state index in [0.29, 0.717) is 13.2 Å². The minimum absolute atomic E-state index is 0.494. The zero-order valence-corrected chi connectivity index (χ0v) is 17.6. The number of nitrogens with zero attached hydrogens (tertiary/aromatic N) is 5. The lowest BCUT2D eigenvalue weighted by atomic mass is 10.2. The van der Waals surface area contributed by atoms with E-state index in [1.807, 2.05) is 24.3 Å². The summed E-state index contributed by atoms with van der Waals surface area (Å²) in [7, 11) is 1.79. The zero-order valence-electron chi connectivity index (χ0n) is 17.6. The fourth-order valence-corrected chi connectivity index (χ4v) is 3.30. The van der Waals surface area contributed by atoms with Crippen molar-refractivity contribution in [2.24, 2.45) is 4.99 Å². The highest BCUT2D eigenvalue weighted by Gasteiger charge is 2.18. The van der Waals surface area contributed by atoms with E-state index in [9.17, 15) is 0 Å². The number of aliphatic imine (C=N–C) groups is 1. The Hall–Kier alpha value is -3.13. The number of benzene rings is 1. The third-order valence-electron chi connectivity index (χ3n) is 4.93. The van der Waals surface area contributed by atoms with Crippen LogP contribution in [0.4, 0.5) is 5.95 Å². The van der Waals surface area contributed by atoms with Crippen LogP contribution in [-0.2, 0) is 6.54 Å². The van der Waals surface area contributed by atoms with Crippen LogP contribution < -0.4 is 20.3 Å². The van der Waals surface area contributed by atoms with Crippen LogP contribution in [0.25, 0.3) is 0 Å². The summed E-state index contributed by atoms with van der Waals surface area (Å²) in [6.45, 7) is 10.5. The molecule has 2 N–H and O–H groups in total. The number of piperazine rings is 1. The molecule has 160 valence electrons. The van der Waals surface area contributed by atoms with Gasteiger partial charge in [0.25, 0.3) is 0 Å². The van der Waals surface area contributed by atoms with Crippen molar-refractivity contribution in [1.29, 1.82) is 0 Å². The Kier molecular flexibility index (Phi) is 8.47. The molecule has 2 aromatic rings. The summed E-state index contributed by atoms with van der Waals surface area (Å²) in [5.74, 6) is 2.46. The van der Waals surface area contributed by atoms with Gasteiger partial charge < -0.3 is 20.3 Å². The van der Waals surface area contributed by atoms with Crippen LogP contribution in [0.2, 0.25) is 0 Å². The van der Waals surface area contributed by atoms with E-state index < -0.39 is 0 Å². The molecule has 8 heteroatoms. The number of hydrogen-bond acceptors (Lipinski definition) is 6. The van der Waals surface area contributed by atoms with E-state index >= 15 is 0 Å². The van der Waals surface area contributed by atoms with Crippen molar-refractivity contribution in [2.75, 3.05) is 57.8 Å². The molecule has 0 atom stereocenters. The number of anilines is 1. The molecule has 3 rings (SSSR count). The predicted octanol–water partition coefficient (Wildman–Crippen LogP) is 1.53. The smallest absolute Gasteiger partial charge is 0.225 e.